The first-order chi connectivity index (χ1) is 13.2. The number of benzene rings is 1. The number of amides is 1. The van der Waals surface area contributed by atoms with Crippen molar-refractivity contribution >= 4 is 23.0 Å². The Morgan fingerprint density at radius 2 is 2.15 bits per heavy atom. The lowest BCUT2D eigenvalue weighted by Crippen LogP contribution is -2.43. The van der Waals surface area contributed by atoms with E-state index in [1.54, 1.807) is 23.5 Å². The molecule has 0 unspecified atom stereocenters. The second-order valence-electron chi connectivity index (χ2n) is 6.65. The zero-order chi connectivity index (χ0) is 18.6. The van der Waals surface area contributed by atoms with Gasteiger partial charge in [-0.05, 0) is 29.1 Å². The van der Waals surface area contributed by atoms with Crippen LogP contribution in [0.25, 0.3) is 0 Å². The number of ether oxygens (including phenoxy) is 2. The second kappa shape index (κ2) is 8.21. The largest absolute Gasteiger partial charge is 0.497 e. The Morgan fingerprint density at radius 1 is 1.30 bits per heavy atom. The van der Waals surface area contributed by atoms with Gasteiger partial charge in [0.25, 0.3) is 5.91 Å². The standard InChI is InChI=1S/C20H23N3O3S/c1-25-16-5-2-4-15(12-16)18-13-17(19-6-3-11-27-19)21-23(18)20(24)14-22-7-9-26-10-8-22/h2-6,11-12,18H,7-10,13-14H2,1H3/t18-/m1/s1. The molecule has 2 aliphatic heterocycles. The van der Waals surface area contributed by atoms with Crippen LogP contribution in [-0.4, -0.2) is 61.5 Å². The van der Waals surface area contributed by atoms with Crippen molar-refractivity contribution in [3.63, 3.8) is 0 Å². The summed E-state index contributed by atoms with van der Waals surface area (Å²) in [5.41, 5.74) is 2.01. The summed E-state index contributed by atoms with van der Waals surface area (Å²) in [5.74, 6) is 0.814. The Hall–Kier alpha value is -2.22. The molecule has 7 heteroatoms. The van der Waals surface area contributed by atoms with Crippen molar-refractivity contribution in [2.45, 2.75) is 12.5 Å². The Kier molecular flexibility index (Phi) is 5.52. The predicted octanol–water partition coefficient (Wildman–Crippen LogP) is 2.77. The number of nitrogens with zero attached hydrogens (tertiary/aromatic N) is 3. The van der Waals surface area contributed by atoms with Crippen LogP contribution < -0.4 is 4.74 Å². The molecule has 1 atom stereocenters. The summed E-state index contributed by atoms with van der Waals surface area (Å²) in [7, 11) is 1.66. The highest BCUT2D eigenvalue weighted by Crippen LogP contribution is 2.35. The van der Waals surface area contributed by atoms with Crippen molar-refractivity contribution in [3.8, 4) is 5.75 Å². The van der Waals surface area contributed by atoms with Gasteiger partial charge in [0.05, 0.1) is 43.5 Å². The van der Waals surface area contributed by atoms with E-state index in [-0.39, 0.29) is 11.9 Å². The summed E-state index contributed by atoms with van der Waals surface area (Å²) >= 11 is 1.65. The van der Waals surface area contributed by atoms with E-state index in [9.17, 15) is 4.79 Å². The normalized spacial score (nSPS) is 20.6. The van der Waals surface area contributed by atoms with Crippen LogP contribution >= 0.6 is 11.3 Å². The molecule has 3 heterocycles. The summed E-state index contributed by atoms with van der Waals surface area (Å²) in [6, 6.07) is 11.9. The van der Waals surface area contributed by atoms with Gasteiger partial charge >= 0.3 is 0 Å². The van der Waals surface area contributed by atoms with E-state index in [2.05, 4.69) is 11.0 Å². The van der Waals surface area contributed by atoms with Gasteiger partial charge in [-0.3, -0.25) is 9.69 Å². The molecule has 1 saturated heterocycles. The van der Waals surface area contributed by atoms with Crippen molar-refractivity contribution in [1.82, 2.24) is 9.91 Å². The molecule has 0 spiro atoms. The highest BCUT2D eigenvalue weighted by Gasteiger charge is 2.34. The summed E-state index contributed by atoms with van der Waals surface area (Å²) in [6.45, 7) is 3.29. The first kappa shape index (κ1) is 18.2. The van der Waals surface area contributed by atoms with Gasteiger partial charge < -0.3 is 9.47 Å². The van der Waals surface area contributed by atoms with E-state index in [0.717, 1.165) is 35.0 Å². The molecular weight excluding hydrogens is 362 g/mol. The molecule has 0 radical (unpaired) electrons. The maximum absolute atomic E-state index is 13.1. The van der Waals surface area contributed by atoms with Gasteiger partial charge in [-0.1, -0.05) is 18.2 Å². The van der Waals surface area contributed by atoms with E-state index >= 15 is 0 Å². The van der Waals surface area contributed by atoms with Crippen LogP contribution in [0.3, 0.4) is 0 Å². The maximum Gasteiger partial charge on any atom is 0.257 e. The molecule has 1 amide bonds. The predicted molar refractivity (Wildman–Crippen MR) is 105 cm³/mol. The molecule has 0 N–H and O–H groups in total. The summed E-state index contributed by atoms with van der Waals surface area (Å²) < 4.78 is 10.8. The minimum atomic E-state index is -0.106. The molecule has 0 saturated carbocycles. The highest BCUT2D eigenvalue weighted by atomic mass is 32.1. The highest BCUT2D eigenvalue weighted by molar-refractivity contribution is 7.12. The van der Waals surface area contributed by atoms with E-state index < -0.39 is 0 Å². The van der Waals surface area contributed by atoms with Crippen molar-refractivity contribution in [1.29, 1.82) is 0 Å². The van der Waals surface area contributed by atoms with E-state index in [1.807, 2.05) is 35.7 Å². The molecule has 4 rings (SSSR count). The summed E-state index contributed by atoms with van der Waals surface area (Å²) in [4.78, 5) is 16.3. The zero-order valence-electron chi connectivity index (χ0n) is 15.3. The molecule has 2 aromatic rings. The Labute approximate surface area is 163 Å². The smallest absolute Gasteiger partial charge is 0.257 e. The monoisotopic (exact) mass is 385 g/mol. The number of carbonyl (C=O) groups is 1. The average Bonchev–Trinajstić information content (AvgIpc) is 3.38. The minimum absolute atomic E-state index is 0.0243. The first-order valence-corrected chi connectivity index (χ1v) is 10.00. The number of hydrogen-bond donors (Lipinski definition) is 0. The Morgan fingerprint density at radius 3 is 2.89 bits per heavy atom. The van der Waals surface area contributed by atoms with Crippen LogP contribution in [0.5, 0.6) is 5.75 Å². The SMILES string of the molecule is COc1cccc([C@H]2CC(c3cccs3)=NN2C(=O)CN2CCOCC2)c1. The number of hydrogen-bond acceptors (Lipinski definition) is 6. The van der Waals surface area contributed by atoms with Crippen LogP contribution in [0.15, 0.2) is 46.9 Å². The van der Waals surface area contributed by atoms with Crippen LogP contribution in [0.1, 0.15) is 22.9 Å². The van der Waals surface area contributed by atoms with Gasteiger partial charge in [0.2, 0.25) is 0 Å². The lowest BCUT2D eigenvalue weighted by molar-refractivity contribution is -0.135. The Bertz CT molecular complexity index is 816. The molecule has 2 aliphatic rings. The van der Waals surface area contributed by atoms with Gasteiger partial charge in [0.1, 0.15) is 5.75 Å². The quantitative estimate of drug-likeness (QED) is 0.794. The second-order valence-corrected chi connectivity index (χ2v) is 7.60. The minimum Gasteiger partial charge on any atom is -0.497 e. The van der Waals surface area contributed by atoms with Crippen molar-refractivity contribution in [3.05, 3.63) is 52.2 Å². The molecule has 142 valence electrons. The van der Waals surface area contributed by atoms with Crippen LogP contribution in [-0.2, 0) is 9.53 Å². The third-order valence-corrected chi connectivity index (χ3v) is 5.83. The molecule has 1 fully saturated rings. The molecule has 27 heavy (non-hydrogen) atoms. The lowest BCUT2D eigenvalue weighted by atomic mass is 10.0. The van der Waals surface area contributed by atoms with Crippen molar-refractivity contribution < 1.29 is 14.3 Å². The van der Waals surface area contributed by atoms with Gasteiger partial charge in [-0.2, -0.15) is 5.10 Å². The van der Waals surface area contributed by atoms with Crippen LogP contribution in [0.2, 0.25) is 0 Å². The lowest BCUT2D eigenvalue weighted by Gasteiger charge is -2.29. The number of methoxy groups -OCH3 is 1. The van der Waals surface area contributed by atoms with Crippen LogP contribution in [0, 0.1) is 0 Å². The van der Waals surface area contributed by atoms with Crippen molar-refractivity contribution in [2.24, 2.45) is 5.10 Å². The Balaban J connectivity index is 1.59. The zero-order valence-corrected chi connectivity index (χ0v) is 16.2. The fourth-order valence-electron chi connectivity index (χ4n) is 3.46. The van der Waals surface area contributed by atoms with Gasteiger partial charge in [-0.25, -0.2) is 5.01 Å². The number of hydrazone groups is 1. The van der Waals surface area contributed by atoms with Crippen molar-refractivity contribution in [2.75, 3.05) is 40.0 Å². The average molecular weight is 385 g/mol. The third kappa shape index (κ3) is 4.05. The fraction of sp³-hybridized carbons (Fsp3) is 0.400. The maximum atomic E-state index is 13.1. The third-order valence-electron chi connectivity index (χ3n) is 4.91. The fourth-order valence-corrected chi connectivity index (χ4v) is 4.18. The number of rotatable bonds is 5. The van der Waals surface area contributed by atoms with E-state index in [4.69, 9.17) is 14.6 Å². The van der Waals surface area contributed by atoms with Gasteiger partial charge in [0, 0.05) is 19.5 Å². The summed E-state index contributed by atoms with van der Waals surface area (Å²) in [5, 5.41) is 8.43. The molecule has 6 nitrogen and oxygen atoms in total. The molecule has 0 aliphatic carbocycles. The molecule has 1 aromatic carbocycles. The number of morpholine rings is 1. The molecule has 1 aromatic heterocycles. The first-order valence-electron chi connectivity index (χ1n) is 9.12. The molecule has 0 bridgehead atoms. The number of thiophene rings is 1. The summed E-state index contributed by atoms with van der Waals surface area (Å²) in [6.07, 6.45) is 0.711. The van der Waals surface area contributed by atoms with Crippen LogP contribution in [0.4, 0.5) is 0 Å². The topological polar surface area (TPSA) is 54.4 Å². The van der Waals surface area contributed by atoms with Gasteiger partial charge in [-0.15, -0.1) is 11.3 Å². The molecular formula is C20H23N3O3S. The van der Waals surface area contributed by atoms with E-state index in [1.165, 1.54) is 0 Å². The van der Waals surface area contributed by atoms with E-state index in [0.29, 0.717) is 26.2 Å². The number of carbonyl (C=O) groups excluding carboxylic acids is 1. The van der Waals surface area contributed by atoms with Gasteiger partial charge in [0.15, 0.2) is 0 Å².